The number of hydrogen-bond acceptors (Lipinski definition) is 1. The summed E-state index contributed by atoms with van der Waals surface area (Å²) in [5, 5.41) is 1.87. The second kappa shape index (κ2) is 7.51. The summed E-state index contributed by atoms with van der Waals surface area (Å²) >= 11 is 0. The molecule has 0 spiro atoms. The Balaban J connectivity index is 2.04. The molecule has 0 bridgehead atoms. The Labute approximate surface area is 162 Å². The van der Waals surface area contributed by atoms with Gasteiger partial charge in [-0.3, -0.25) is 0 Å². The van der Waals surface area contributed by atoms with Gasteiger partial charge in [-0.2, -0.15) is 0 Å². The van der Waals surface area contributed by atoms with Gasteiger partial charge in [0.15, 0.2) is 0 Å². The molecule has 27 heavy (non-hydrogen) atoms. The van der Waals surface area contributed by atoms with Crippen molar-refractivity contribution in [2.75, 3.05) is 14.1 Å². The van der Waals surface area contributed by atoms with Crippen LogP contribution in [0.3, 0.4) is 0 Å². The molecular formula is C23H22N2OS. The molecule has 3 aromatic carbocycles. The third-order valence-corrected chi connectivity index (χ3v) is 6.11. The molecule has 1 N–H and O–H groups in total. The molecule has 1 heterocycles. The number of aromatic nitrogens is 1. The Hall–Kier alpha value is -2.69. The van der Waals surface area contributed by atoms with Gasteiger partial charge in [-0.05, 0) is 31.3 Å². The molecule has 1 atom stereocenters. The molecule has 136 valence electrons. The Bertz CT molecular complexity index is 1030. The summed E-state index contributed by atoms with van der Waals surface area (Å²) in [4.78, 5) is 3.42. The smallest absolute Gasteiger partial charge is 0.144 e. The summed E-state index contributed by atoms with van der Waals surface area (Å²) < 4.78 is 14.8. The second-order valence-corrected chi connectivity index (χ2v) is 8.37. The minimum atomic E-state index is -1.27. The van der Waals surface area contributed by atoms with Crippen LogP contribution in [0.25, 0.3) is 10.9 Å². The van der Waals surface area contributed by atoms with Crippen LogP contribution in [0.4, 0.5) is 0 Å². The fourth-order valence-corrected chi connectivity index (χ4v) is 4.54. The van der Waals surface area contributed by atoms with Crippen LogP contribution >= 0.6 is 0 Å². The average molecular weight is 375 g/mol. The maximum atomic E-state index is 13.1. The topological polar surface area (TPSA) is 36.1 Å². The van der Waals surface area contributed by atoms with Gasteiger partial charge in [0.25, 0.3) is 0 Å². The van der Waals surface area contributed by atoms with Gasteiger partial charge < -0.3 is 4.98 Å². The van der Waals surface area contributed by atoms with Crippen molar-refractivity contribution in [2.45, 2.75) is 10.9 Å². The van der Waals surface area contributed by atoms with Gasteiger partial charge in [0.05, 0.1) is 0 Å². The summed E-state index contributed by atoms with van der Waals surface area (Å²) in [5.74, 6) is 0.00227. The van der Waals surface area contributed by atoms with E-state index >= 15 is 0 Å². The van der Waals surface area contributed by atoms with Crippen molar-refractivity contribution in [1.29, 1.82) is 0 Å². The molecule has 0 radical (unpaired) electrons. The Morgan fingerprint density at radius 3 is 1.85 bits per heavy atom. The molecule has 3 nitrogen and oxygen atoms in total. The van der Waals surface area contributed by atoms with Crippen molar-refractivity contribution in [3.8, 4) is 0 Å². The van der Waals surface area contributed by atoms with Gasteiger partial charge in [-0.1, -0.05) is 78.9 Å². The number of nitrogens with zero attached hydrogens (tertiary/aromatic N) is 1. The fraction of sp³-hybridized carbons (Fsp3) is 0.130. The van der Waals surface area contributed by atoms with Crippen LogP contribution in [0, 0.1) is 0 Å². The van der Waals surface area contributed by atoms with E-state index in [1.807, 2.05) is 44.4 Å². The highest BCUT2D eigenvalue weighted by molar-refractivity contribution is 7.82. The summed E-state index contributed by atoms with van der Waals surface area (Å²) in [7, 11) is 2.41. The number of rotatable bonds is 5. The first kappa shape index (κ1) is 17.7. The SMILES string of the molecule is CN(C)S(=O)c1[nH]c2ccccc2c1C(c1ccccc1)c1ccccc1. The number of benzene rings is 3. The maximum Gasteiger partial charge on any atom is 0.144 e. The zero-order chi connectivity index (χ0) is 18.8. The number of nitrogens with one attached hydrogen (secondary N) is 1. The van der Waals surface area contributed by atoms with E-state index in [9.17, 15) is 4.21 Å². The largest absolute Gasteiger partial charge is 0.346 e. The number of para-hydroxylation sites is 1. The van der Waals surface area contributed by atoms with Crippen LogP contribution in [0.5, 0.6) is 0 Å². The van der Waals surface area contributed by atoms with Crippen LogP contribution in [-0.2, 0) is 11.0 Å². The Morgan fingerprint density at radius 1 is 0.778 bits per heavy atom. The minimum absolute atomic E-state index is 0.00227. The third-order valence-electron chi connectivity index (χ3n) is 4.77. The van der Waals surface area contributed by atoms with Crippen molar-refractivity contribution in [3.63, 3.8) is 0 Å². The number of aromatic amines is 1. The molecule has 1 aromatic heterocycles. The Kier molecular flexibility index (Phi) is 4.92. The first-order valence-electron chi connectivity index (χ1n) is 8.96. The summed E-state index contributed by atoms with van der Waals surface area (Å²) in [6, 6.07) is 29.0. The van der Waals surface area contributed by atoms with Gasteiger partial charge in [0.1, 0.15) is 16.0 Å². The second-order valence-electron chi connectivity index (χ2n) is 6.73. The number of hydrogen-bond donors (Lipinski definition) is 1. The van der Waals surface area contributed by atoms with Crippen LogP contribution in [0.2, 0.25) is 0 Å². The summed E-state index contributed by atoms with van der Waals surface area (Å²) in [6.07, 6.45) is 0. The zero-order valence-electron chi connectivity index (χ0n) is 15.4. The van der Waals surface area contributed by atoms with Crippen molar-refractivity contribution in [2.24, 2.45) is 0 Å². The molecule has 0 fully saturated rings. The van der Waals surface area contributed by atoms with E-state index in [2.05, 4.69) is 59.6 Å². The Morgan fingerprint density at radius 2 is 1.30 bits per heavy atom. The predicted octanol–water partition coefficient (Wildman–Crippen LogP) is 4.93. The van der Waals surface area contributed by atoms with Gasteiger partial charge in [0, 0.05) is 22.4 Å². The van der Waals surface area contributed by atoms with Crippen LogP contribution < -0.4 is 0 Å². The van der Waals surface area contributed by atoms with Crippen LogP contribution in [-0.4, -0.2) is 27.6 Å². The average Bonchev–Trinajstić information content (AvgIpc) is 3.08. The van der Waals surface area contributed by atoms with E-state index in [1.54, 1.807) is 4.31 Å². The van der Waals surface area contributed by atoms with Gasteiger partial charge in [-0.25, -0.2) is 8.51 Å². The lowest BCUT2D eigenvalue weighted by molar-refractivity contribution is 0.598. The van der Waals surface area contributed by atoms with E-state index in [-0.39, 0.29) is 5.92 Å². The van der Waals surface area contributed by atoms with E-state index in [0.29, 0.717) is 0 Å². The molecule has 4 heteroatoms. The molecule has 0 aliphatic carbocycles. The number of fused-ring (bicyclic) bond motifs is 1. The fourth-order valence-electron chi connectivity index (χ4n) is 3.56. The summed E-state index contributed by atoms with van der Waals surface area (Å²) in [6.45, 7) is 0. The van der Waals surface area contributed by atoms with Gasteiger partial charge >= 0.3 is 0 Å². The molecule has 0 aliphatic heterocycles. The molecular weight excluding hydrogens is 352 g/mol. The third kappa shape index (κ3) is 3.34. The molecule has 0 saturated heterocycles. The highest BCUT2D eigenvalue weighted by atomic mass is 32.2. The molecule has 1 unspecified atom stereocenters. The van der Waals surface area contributed by atoms with E-state index in [1.165, 1.54) is 11.1 Å². The van der Waals surface area contributed by atoms with E-state index < -0.39 is 11.0 Å². The monoisotopic (exact) mass is 374 g/mol. The lowest BCUT2D eigenvalue weighted by Crippen LogP contribution is -2.18. The normalized spacial score (nSPS) is 12.7. The minimum Gasteiger partial charge on any atom is -0.346 e. The quantitative estimate of drug-likeness (QED) is 0.528. The van der Waals surface area contributed by atoms with E-state index in [0.717, 1.165) is 21.5 Å². The molecule has 0 aliphatic rings. The van der Waals surface area contributed by atoms with Crippen molar-refractivity contribution in [1.82, 2.24) is 9.29 Å². The highest BCUT2D eigenvalue weighted by Gasteiger charge is 2.27. The molecule has 4 aromatic rings. The van der Waals surface area contributed by atoms with Crippen molar-refractivity contribution in [3.05, 3.63) is 102 Å². The first-order valence-corrected chi connectivity index (χ1v) is 10.1. The standard InChI is InChI=1S/C23H22N2OS/c1-25(2)27(26)23-22(19-15-9-10-16-20(19)24-23)21(17-11-5-3-6-12-17)18-13-7-4-8-14-18/h3-16,21,24H,1-2H3. The molecule has 0 saturated carbocycles. The number of H-pyrrole nitrogens is 1. The summed E-state index contributed by atoms with van der Waals surface area (Å²) in [5.41, 5.74) is 4.46. The highest BCUT2D eigenvalue weighted by Crippen LogP contribution is 2.39. The molecule has 4 rings (SSSR count). The van der Waals surface area contributed by atoms with Gasteiger partial charge in [-0.15, -0.1) is 0 Å². The first-order chi connectivity index (χ1) is 13.2. The van der Waals surface area contributed by atoms with Crippen molar-refractivity contribution >= 4 is 21.9 Å². The lowest BCUT2D eigenvalue weighted by Gasteiger charge is -2.21. The maximum absolute atomic E-state index is 13.1. The predicted molar refractivity (Wildman–Crippen MR) is 112 cm³/mol. The molecule has 0 amide bonds. The van der Waals surface area contributed by atoms with Gasteiger partial charge in [0.2, 0.25) is 0 Å². The zero-order valence-corrected chi connectivity index (χ0v) is 16.2. The van der Waals surface area contributed by atoms with Crippen molar-refractivity contribution < 1.29 is 4.21 Å². The van der Waals surface area contributed by atoms with Crippen LogP contribution in [0.1, 0.15) is 22.6 Å². The van der Waals surface area contributed by atoms with Crippen LogP contribution in [0.15, 0.2) is 90.0 Å². The lowest BCUT2D eigenvalue weighted by atomic mass is 9.85. The van der Waals surface area contributed by atoms with E-state index in [4.69, 9.17) is 0 Å².